The molecule has 0 aliphatic rings. The first-order chi connectivity index (χ1) is 21.0. The maximum absolute atomic E-state index is 14.5. The number of hydrogen-bond donors (Lipinski definition) is 2. The Kier molecular flexibility index (Phi) is 12.4. The molecule has 0 saturated carbocycles. The van der Waals surface area contributed by atoms with Crippen LogP contribution in [0.15, 0.2) is 78.9 Å². The van der Waals surface area contributed by atoms with Gasteiger partial charge in [0.05, 0.1) is 7.11 Å². The first kappa shape index (κ1) is 33.7. The van der Waals surface area contributed by atoms with Crippen LogP contribution in [0.2, 0.25) is 0 Å². The van der Waals surface area contributed by atoms with E-state index in [9.17, 15) is 14.4 Å². The maximum atomic E-state index is 14.5. The van der Waals surface area contributed by atoms with Crippen molar-refractivity contribution in [3.63, 3.8) is 0 Å². The molecular formula is C36H43N3O5. The van der Waals surface area contributed by atoms with Crippen molar-refractivity contribution in [3.8, 4) is 18.1 Å². The van der Waals surface area contributed by atoms with Crippen LogP contribution in [0, 0.1) is 12.3 Å². The molecule has 0 aromatic heterocycles. The Balaban J connectivity index is 2.06. The number of benzene rings is 3. The second kappa shape index (κ2) is 16.2. The standard InChI is InChI=1S/C36H43N3O5/c1-7-9-13-24-39(34(41)31(25-27-14-11-10-12-15-27)38-35(42)44-36(3,4)5)32(28-18-16-26(8-2)17-19-28)33(40)37-29-20-22-30(43-6)23-21-29/h2,10-12,14-23,31-32H,7,9,13,24-25H2,1,3-6H3,(H,37,40)(H,38,42). The van der Waals surface area contributed by atoms with Gasteiger partial charge in [0.2, 0.25) is 5.91 Å². The van der Waals surface area contributed by atoms with Crippen LogP contribution in [0.25, 0.3) is 0 Å². The van der Waals surface area contributed by atoms with Crippen LogP contribution in [-0.2, 0) is 20.7 Å². The summed E-state index contributed by atoms with van der Waals surface area (Å²) >= 11 is 0. The van der Waals surface area contributed by atoms with Crippen LogP contribution in [0.5, 0.6) is 5.75 Å². The topological polar surface area (TPSA) is 97.0 Å². The van der Waals surface area contributed by atoms with E-state index >= 15 is 0 Å². The van der Waals surface area contributed by atoms with Crippen molar-refractivity contribution < 1.29 is 23.9 Å². The summed E-state index contributed by atoms with van der Waals surface area (Å²) in [5.41, 5.74) is 1.89. The highest BCUT2D eigenvalue weighted by Crippen LogP contribution is 2.27. The highest BCUT2D eigenvalue weighted by Gasteiger charge is 2.36. The first-order valence-electron chi connectivity index (χ1n) is 14.9. The molecule has 8 heteroatoms. The number of rotatable bonds is 13. The largest absolute Gasteiger partial charge is 0.497 e. The predicted octanol–water partition coefficient (Wildman–Crippen LogP) is 6.51. The van der Waals surface area contributed by atoms with E-state index in [2.05, 4.69) is 23.5 Å². The molecule has 0 spiro atoms. The van der Waals surface area contributed by atoms with Gasteiger partial charge in [-0.05, 0) is 74.7 Å². The van der Waals surface area contributed by atoms with Gasteiger partial charge in [-0.25, -0.2) is 4.79 Å². The zero-order valence-corrected chi connectivity index (χ0v) is 26.3. The molecule has 0 heterocycles. The first-order valence-corrected chi connectivity index (χ1v) is 14.9. The summed E-state index contributed by atoms with van der Waals surface area (Å²) in [6.07, 6.45) is 7.55. The summed E-state index contributed by atoms with van der Waals surface area (Å²) in [5, 5.41) is 5.76. The molecule has 232 valence electrons. The summed E-state index contributed by atoms with van der Waals surface area (Å²) in [6.45, 7) is 7.65. The zero-order chi connectivity index (χ0) is 32.1. The van der Waals surface area contributed by atoms with Crippen molar-refractivity contribution in [2.45, 2.75) is 71.1 Å². The molecule has 8 nitrogen and oxygen atoms in total. The van der Waals surface area contributed by atoms with Crippen LogP contribution < -0.4 is 15.4 Å². The summed E-state index contributed by atoms with van der Waals surface area (Å²) in [6, 6.07) is 21.4. The third-order valence-electron chi connectivity index (χ3n) is 6.87. The van der Waals surface area contributed by atoms with Crippen molar-refractivity contribution in [2.24, 2.45) is 0 Å². The van der Waals surface area contributed by atoms with Crippen LogP contribution in [0.1, 0.15) is 69.7 Å². The highest BCUT2D eigenvalue weighted by atomic mass is 16.6. The molecule has 0 aliphatic heterocycles. The number of hydrogen-bond acceptors (Lipinski definition) is 5. The van der Waals surface area contributed by atoms with Gasteiger partial charge in [-0.3, -0.25) is 9.59 Å². The molecule has 3 aromatic rings. The molecule has 0 aliphatic carbocycles. The van der Waals surface area contributed by atoms with E-state index in [0.717, 1.165) is 18.4 Å². The molecule has 2 atom stereocenters. The lowest BCUT2D eigenvalue weighted by atomic mass is 9.99. The molecule has 0 fully saturated rings. The highest BCUT2D eigenvalue weighted by molar-refractivity contribution is 5.99. The number of unbranched alkanes of at least 4 members (excludes halogenated alkanes) is 2. The third-order valence-corrected chi connectivity index (χ3v) is 6.87. The second-order valence-corrected chi connectivity index (χ2v) is 11.5. The lowest BCUT2D eigenvalue weighted by molar-refractivity contribution is -0.140. The van der Waals surface area contributed by atoms with Gasteiger partial charge in [0.1, 0.15) is 23.4 Å². The number of methoxy groups -OCH3 is 1. The van der Waals surface area contributed by atoms with Gasteiger partial charge < -0.3 is 25.0 Å². The molecule has 2 unspecified atom stereocenters. The lowest BCUT2D eigenvalue weighted by Gasteiger charge is -2.34. The minimum absolute atomic E-state index is 0.214. The Bertz CT molecular complexity index is 1410. The SMILES string of the molecule is C#Cc1ccc(C(C(=O)Nc2ccc(OC)cc2)N(CCCCC)C(=O)C(Cc2ccccc2)NC(=O)OC(C)(C)C)cc1. The van der Waals surface area contributed by atoms with Crippen molar-refractivity contribution >= 4 is 23.6 Å². The van der Waals surface area contributed by atoms with Crippen molar-refractivity contribution in [1.82, 2.24) is 10.2 Å². The van der Waals surface area contributed by atoms with Gasteiger partial charge >= 0.3 is 6.09 Å². The molecule has 44 heavy (non-hydrogen) atoms. The second-order valence-electron chi connectivity index (χ2n) is 11.5. The Morgan fingerprint density at radius 2 is 1.59 bits per heavy atom. The summed E-state index contributed by atoms with van der Waals surface area (Å²) in [5.74, 6) is 2.45. The normalized spacial score (nSPS) is 12.3. The minimum atomic E-state index is -1.01. The van der Waals surface area contributed by atoms with Gasteiger partial charge in [0, 0.05) is 24.2 Å². The van der Waals surface area contributed by atoms with Crippen LogP contribution in [0.4, 0.5) is 10.5 Å². The number of nitrogens with zero attached hydrogens (tertiary/aromatic N) is 1. The molecule has 2 N–H and O–H groups in total. The number of ether oxygens (including phenoxy) is 2. The van der Waals surface area contributed by atoms with Crippen LogP contribution in [0.3, 0.4) is 0 Å². The quantitative estimate of drug-likeness (QED) is 0.173. The van der Waals surface area contributed by atoms with Gasteiger partial charge in [-0.1, -0.05) is 68.2 Å². The molecule has 3 aromatic carbocycles. The predicted molar refractivity (Wildman–Crippen MR) is 173 cm³/mol. The Labute approximate surface area is 261 Å². The number of carbonyl (C=O) groups is 3. The molecule has 0 radical (unpaired) electrons. The molecular weight excluding hydrogens is 554 g/mol. The van der Waals surface area contributed by atoms with Crippen molar-refractivity contribution in [1.29, 1.82) is 0 Å². The summed E-state index contributed by atoms with van der Waals surface area (Å²) in [4.78, 5) is 43.2. The average Bonchev–Trinajstić information content (AvgIpc) is 3.00. The zero-order valence-electron chi connectivity index (χ0n) is 26.3. The van der Waals surface area contributed by atoms with E-state index in [1.54, 1.807) is 81.3 Å². The van der Waals surface area contributed by atoms with Gasteiger partial charge in [-0.15, -0.1) is 6.42 Å². The monoisotopic (exact) mass is 597 g/mol. The number of anilines is 1. The van der Waals surface area contributed by atoms with Gasteiger partial charge in [0.15, 0.2) is 0 Å². The van der Waals surface area contributed by atoms with Crippen LogP contribution in [-0.4, -0.2) is 48.1 Å². The number of alkyl carbamates (subject to hydrolysis) is 1. The van der Waals surface area contributed by atoms with E-state index < -0.39 is 35.6 Å². The average molecular weight is 598 g/mol. The number of terminal acetylenes is 1. The maximum Gasteiger partial charge on any atom is 0.408 e. The number of amides is 3. The van der Waals surface area contributed by atoms with Gasteiger partial charge in [0.25, 0.3) is 5.91 Å². The third kappa shape index (κ3) is 10.2. The molecule has 3 amide bonds. The fourth-order valence-corrected chi connectivity index (χ4v) is 4.72. The number of carbonyl (C=O) groups excluding carboxylic acids is 3. The smallest absolute Gasteiger partial charge is 0.408 e. The van der Waals surface area contributed by atoms with Crippen LogP contribution >= 0.6 is 0 Å². The van der Waals surface area contributed by atoms with Crippen molar-refractivity contribution in [2.75, 3.05) is 19.0 Å². The van der Waals surface area contributed by atoms with E-state index in [0.29, 0.717) is 35.5 Å². The van der Waals surface area contributed by atoms with E-state index in [4.69, 9.17) is 15.9 Å². The van der Waals surface area contributed by atoms with E-state index in [-0.39, 0.29) is 6.42 Å². The Hall–Kier alpha value is -4.77. The fourth-order valence-electron chi connectivity index (χ4n) is 4.72. The molecule has 3 rings (SSSR count). The van der Waals surface area contributed by atoms with Gasteiger partial charge in [-0.2, -0.15) is 0 Å². The summed E-state index contributed by atoms with van der Waals surface area (Å²) < 4.78 is 10.8. The lowest BCUT2D eigenvalue weighted by Crippen LogP contribution is -2.53. The molecule has 0 saturated heterocycles. The summed E-state index contributed by atoms with van der Waals surface area (Å²) in [7, 11) is 1.57. The fraction of sp³-hybridized carbons (Fsp3) is 0.361. The minimum Gasteiger partial charge on any atom is -0.497 e. The van der Waals surface area contributed by atoms with E-state index in [1.807, 2.05) is 30.3 Å². The van der Waals surface area contributed by atoms with E-state index in [1.165, 1.54) is 0 Å². The Morgan fingerprint density at radius 3 is 2.16 bits per heavy atom. The van der Waals surface area contributed by atoms with Crippen molar-refractivity contribution in [3.05, 3.63) is 95.6 Å². The molecule has 0 bridgehead atoms. The number of nitrogens with one attached hydrogen (secondary N) is 2. The Morgan fingerprint density at radius 1 is 0.932 bits per heavy atom.